The van der Waals surface area contributed by atoms with Crippen LogP contribution in [0.5, 0.6) is 0 Å². The molecule has 0 unspecified atom stereocenters. The van der Waals surface area contributed by atoms with E-state index in [0.29, 0.717) is 12.1 Å². The monoisotopic (exact) mass is 325 g/mol. The van der Waals surface area contributed by atoms with Gasteiger partial charge in [-0.2, -0.15) is 5.10 Å². The van der Waals surface area contributed by atoms with Crippen molar-refractivity contribution < 1.29 is 9.18 Å². The molecule has 0 fully saturated rings. The summed E-state index contributed by atoms with van der Waals surface area (Å²) in [5.74, 6) is -1.10. The molecule has 19 heavy (non-hydrogen) atoms. The molecule has 0 aliphatic heterocycles. The summed E-state index contributed by atoms with van der Waals surface area (Å²) in [5, 5.41) is 4.32. The first kappa shape index (κ1) is 13.7. The Morgan fingerprint density at radius 2 is 2.16 bits per heavy atom. The highest BCUT2D eigenvalue weighted by molar-refractivity contribution is 9.10. The van der Waals surface area contributed by atoms with Gasteiger partial charge in [-0.1, -0.05) is 6.07 Å². The normalized spacial score (nSPS) is 10.7. The lowest BCUT2D eigenvalue weighted by molar-refractivity contribution is 0.1000. The van der Waals surface area contributed by atoms with Crippen LogP contribution in [0.2, 0.25) is 0 Å². The fraction of sp³-hybridized carbons (Fsp3) is 0.231. The van der Waals surface area contributed by atoms with Gasteiger partial charge in [0.1, 0.15) is 5.82 Å². The van der Waals surface area contributed by atoms with E-state index >= 15 is 0 Å². The molecule has 0 spiro atoms. The van der Waals surface area contributed by atoms with E-state index in [1.807, 2.05) is 13.8 Å². The molecule has 2 rings (SSSR count). The standard InChI is InChI=1S/C13H13BrFN3O/c1-7-12(14)8(2)18(17-7)6-10-4-3-9(13(16)19)5-11(10)15/h3-5H,6H2,1-2H3,(H2,16,19). The topological polar surface area (TPSA) is 60.9 Å². The predicted octanol–water partition coefficient (Wildman–Crippen LogP) is 2.55. The number of amides is 1. The zero-order valence-corrected chi connectivity index (χ0v) is 12.2. The summed E-state index contributed by atoms with van der Waals surface area (Å²) in [4.78, 5) is 11.0. The minimum atomic E-state index is -0.640. The second-order valence-electron chi connectivity index (χ2n) is 4.31. The van der Waals surface area contributed by atoms with E-state index in [2.05, 4.69) is 21.0 Å². The second-order valence-corrected chi connectivity index (χ2v) is 5.11. The molecule has 1 heterocycles. The van der Waals surface area contributed by atoms with Gasteiger partial charge in [-0.05, 0) is 41.9 Å². The number of carbonyl (C=O) groups is 1. The van der Waals surface area contributed by atoms with Crippen molar-refractivity contribution >= 4 is 21.8 Å². The molecule has 0 saturated carbocycles. The average Bonchev–Trinajstić information content (AvgIpc) is 2.59. The van der Waals surface area contributed by atoms with Crippen molar-refractivity contribution in [1.82, 2.24) is 9.78 Å². The molecule has 0 atom stereocenters. The molecular weight excluding hydrogens is 313 g/mol. The number of primary amides is 1. The summed E-state index contributed by atoms with van der Waals surface area (Å²) < 4.78 is 16.5. The molecule has 1 aromatic carbocycles. The largest absolute Gasteiger partial charge is 0.366 e. The van der Waals surface area contributed by atoms with E-state index in [4.69, 9.17) is 5.73 Å². The van der Waals surface area contributed by atoms with Gasteiger partial charge in [0.2, 0.25) is 5.91 Å². The number of aryl methyl sites for hydroxylation is 1. The molecular formula is C13H13BrFN3O. The molecule has 0 aliphatic carbocycles. The first-order valence-corrected chi connectivity index (χ1v) is 6.47. The Labute approximate surface area is 118 Å². The van der Waals surface area contributed by atoms with E-state index in [1.54, 1.807) is 10.7 Å². The Hall–Kier alpha value is -1.69. The lowest BCUT2D eigenvalue weighted by Gasteiger charge is -2.07. The van der Waals surface area contributed by atoms with Gasteiger partial charge in [0.15, 0.2) is 0 Å². The number of halogens is 2. The maximum Gasteiger partial charge on any atom is 0.248 e. The highest BCUT2D eigenvalue weighted by Gasteiger charge is 2.12. The van der Waals surface area contributed by atoms with Crippen LogP contribution in [0.3, 0.4) is 0 Å². The lowest BCUT2D eigenvalue weighted by Crippen LogP contribution is -2.12. The minimum absolute atomic E-state index is 0.163. The predicted molar refractivity (Wildman–Crippen MR) is 73.4 cm³/mol. The van der Waals surface area contributed by atoms with Crippen LogP contribution in [0, 0.1) is 19.7 Å². The molecule has 0 radical (unpaired) electrons. The van der Waals surface area contributed by atoms with Crippen LogP contribution in [-0.4, -0.2) is 15.7 Å². The summed E-state index contributed by atoms with van der Waals surface area (Å²) in [5.41, 5.74) is 7.51. The molecule has 1 amide bonds. The third kappa shape index (κ3) is 2.68. The Balaban J connectivity index is 2.33. The molecule has 4 nitrogen and oxygen atoms in total. The highest BCUT2D eigenvalue weighted by atomic mass is 79.9. The van der Waals surface area contributed by atoms with E-state index < -0.39 is 11.7 Å². The van der Waals surface area contributed by atoms with Crippen LogP contribution < -0.4 is 5.73 Å². The summed E-state index contributed by atoms with van der Waals surface area (Å²) in [7, 11) is 0. The molecule has 0 bridgehead atoms. The van der Waals surface area contributed by atoms with Gasteiger partial charge in [-0.3, -0.25) is 9.48 Å². The van der Waals surface area contributed by atoms with E-state index in [9.17, 15) is 9.18 Å². The quantitative estimate of drug-likeness (QED) is 0.942. The van der Waals surface area contributed by atoms with Crippen molar-refractivity contribution in [3.05, 3.63) is 51.0 Å². The number of hydrogen-bond acceptors (Lipinski definition) is 2. The van der Waals surface area contributed by atoms with E-state index in [-0.39, 0.29) is 5.56 Å². The van der Waals surface area contributed by atoms with Gasteiger partial charge >= 0.3 is 0 Å². The second kappa shape index (κ2) is 5.13. The molecule has 0 saturated heterocycles. The summed E-state index contributed by atoms with van der Waals surface area (Å²) in [6, 6.07) is 4.22. The Kier molecular flexibility index (Phi) is 3.71. The van der Waals surface area contributed by atoms with Gasteiger partial charge < -0.3 is 5.73 Å². The van der Waals surface area contributed by atoms with Crippen LogP contribution in [-0.2, 0) is 6.54 Å². The van der Waals surface area contributed by atoms with Crippen LogP contribution in [0.25, 0.3) is 0 Å². The van der Waals surface area contributed by atoms with Crippen LogP contribution in [0.4, 0.5) is 4.39 Å². The molecule has 2 N–H and O–H groups in total. The van der Waals surface area contributed by atoms with E-state index in [0.717, 1.165) is 21.9 Å². The SMILES string of the molecule is Cc1nn(Cc2ccc(C(N)=O)cc2F)c(C)c1Br. The fourth-order valence-electron chi connectivity index (χ4n) is 1.82. The average molecular weight is 326 g/mol. The maximum atomic E-state index is 13.9. The fourth-order valence-corrected chi connectivity index (χ4v) is 2.10. The van der Waals surface area contributed by atoms with Crippen molar-refractivity contribution in [3.8, 4) is 0 Å². The van der Waals surface area contributed by atoms with Crippen molar-refractivity contribution in [1.29, 1.82) is 0 Å². The van der Waals surface area contributed by atoms with Crippen molar-refractivity contribution in [2.24, 2.45) is 5.73 Å². The number of carbonyl (C=O) groups excluding carboxylic acids is 1. The molecule has 100 valence electrons. The van der Waals surface area contributed by atoms with Crippen molar-refractivity contribution in [3.63, 3.8) is 0 Å². The van der Waals surface area contributed by atoms with Crippen LogP contribution in [0.1, 0.15) is 27.3 Å². The van der Waals surface area contributed by atoms with E-state index in [1.165, 1.54) is 6.07 Å². The molecule has 1 aromatic heterocycles. The Morgan fingerprint density at radius 3 is 2.63 bits per heavy atom. The van der Waals surface area contributed by atoms with Gasteiger partial charge in [0.25, 0.3) is 0 Å². The smallest absolute Gasteiger partial charge is 0.248 e. The summed E-state index contributed by atoms with van der Waals surface area (Å²) >= 11 is 3.42. The number of benzene rings is 1. The number of hydrogen-bond donors (Lipinski definition) is 1. The van der Waals surface area contributed by atoms with Gasteiger partial charge in [0, 0.05) is 11.1 Å². The number of nitrogens with two attached hydrogens (primary N) is 1. The first-order valence-electron chi connectivity index (χ1n) is 5.68. The van der Waals surface area contributed by atoms with Gasteiger partial charge in [-0.15, -0.1) is 0 Å². The number of aromatic nitrogens is 2. The first-order chi connectivity index (χ1) is 8.90. The van der Waals surface area contributed by atoms with Crippen LogP contribution >= 0.6 is 15.9 Å². The van der Waals surface area contributed by atoms with Gasteiger partial charge in [-0.25, -0.2) is 4.39 Å². The lowest BCUT2D eigenvalue weighted by atomic mass is 10.1. The zero-order chi connectivity index (χ0) is 14.2. The third-order valence-electron chi connectivity index (χ3n) is 2.95. The Morgan fingerprint density at radius 1 is 1.47 bits per heavy atom. The Bertz CT molecular complexity index is 652. The van der Waals surface area contributed by atoms with Crippen molar-refractivity contribution in [2.75, 3.05) is 0 Å². The van der Waals surface area contributed by atoms with Crippen molar-refractivity contribution in [2.45, 2.75) is 20.4 Å². The third-order valence-corrected chi connectivity index (χ3v) is 4.10. The molecule has 2 aromatic rings. The summed E-state index contributed by atoms with van der Waals surface area (Å²) in [6.45, 7) is 4.09. The van der Waals surface area contributed by atoms with Gasteiger partial charge in [0.05, 0.1) is 22.4 Å². The number of rotatable bonds is 3. The van der Waals surface area contributed by atoms with Crippen LogP contribution in [0.15, 0.2) is 22.7 Å². The highest BCUT2D eigenvalue weighted by Crippen LogP contribution is 2.21. The zero-order valence-electron chi connectivity index (χ0n) is 10.6. The molecule has 0 aliphatic rings. The minimum Gasteiger partial charge on any atom is -0.366 e. The molecule has 6 heteroatoms. The maximum absolute atomic E-state index is 13.9. The summed E-state index contributed by atoms with van der Waals surface area (Å²) in [6.07, 6.45) is 0. The number of nitrogens with zero attached hydrogens (tertiary/aromatic N) is 2.